The lowest BCUT2D eigenvalue weighted by atomic mass is 9.85. The second kappa shape index (κ2) is 7.59. The molecule has 0 atom stereocenters. The van der Waals surface area contributed by atoms with Crippen molar-refractivity contribution in [2.45, 2.75) is 65.3 Å². The van der Waals surface area contributed by atoms with E-state index in [2.05, 4.69) is 37.4 Å². The van der Waals surface area contributed by atoms with Crippen LogP contribution in [-0.2, 0) is 9.59 Å². The zero-order valence-electron chi connectivity index (χ0n) is 15.7. The van der Waals surface area contributed by atoms with Gasteiger partial charge in [0, 0.05) is 30.1 Å². The Hall–Kier alpha value is -1.84. The van der Waals surface area contributed by atoms with E-state index < -0.39 is 0 Å². The summed E-state index contributed by atoms with van der Waals surface area (Å²) < 4.78 is 0. The smallest absolute Gasteiger partial charge is 0.230 e. The van der Waals surface area contributed by atoms with Crippen LogP contribution in [0.25, 0.3) is 0 Å². The average Bonchev–Trinajstić information content (AvgIpc) is 3.40. The van der Waals surface area contributed by atoms with E-state index in [4.69, 9.17) is 0 Å². The molecule has 0 aliphatic heterocycles. The Kier molecular flexibility index (Phi) is 5.45. The summed E-state index contributed by atoms with van der Waals surface area (Å²) >= 11 is 0. The number of benzene rings is 1. The van der Waals surface area contributed by atoms with Gasteiger partial charge in [0.2, 0.25) is 11.8 Å². The van der Waals surface area contributed by atoms with Crippen LogP contribution in [0.15, 0.2) is 18.2 Å². The number of carbonyl (C=O) groups excluding carboxylic acids is 2. The summed E-state index contributed by atoms with van der Waals surface area (Å²) in [7, 11) is 0. The maximum Gasteiger partial charge on any atom is 0.230 e. The minimum absolute atomic E-state index is 0.0786. The first kappa shape index (κ1) is 18.0. The van der Waals surface area contributed by atoms with Gasteiger partial charge in [0.05, 0.1) is 0 Å². The Bertz CT molecular complexity index is 623. The normalized spacial score (nSPS) is 23.2. The number of hydrogen-bond donors (Lipinski definition) is 1. The zero-order chi connectivity index (χ0) is 18.0. The third kappa shape index (κ3) is 4.42. The Morgan fingerprint density at radius 1 is 0.960 bits per heavy atom. The first-order valence-corrected chi connectivity index (χ1v) is 9.68. The molecule has 1 aromatic carbocycles. The van der Waals surface area contributed by atoms with Gasteiger partial charge in [-0.2, -0.15) is 0 Å². The van der Waals surface area contributed by atoms with Crippen molar-refractivity contribution in [2.75, 3.05) is 11.4 Å². The number of anilines is 1. The van der Waals surface area contributed by atoms with Gasteiger partial charge in [-0.1, -0.05) is 6.07 Å². The van der Waals surface area contributed by atoms with E-state index in [0.29, 0.717) is 6.54 Å². The molecule has 25 heavy (non-hydrogen) atoms. The molecule has 1 aromatic rings. The number of nitrogens with zero attached hydrogens (tertiary/aromatic N) is 1. The predicted octanol–water partition coefficient (Wildman–Crippen LogP) is 3.74. The van der Waals surface area contributed by atoms with Crippen molar-refractivity contribution < 1.29 is 9.59 Å². The first-order chi connectivity index (χ1) is 12.0. The van der Waals surface area contributed by atoms with Crippen molar-refractivity contribution in [3.05, 3.63) is 29.3 Å². The fraction of sp³-hybridized carbons (Fsp3) is 0.619. The molecule has 0 saturated heterocycles. The molecular weight excluding hydrogens is 312 g/mol. The summed E-state index contributed by atoms with van der Waals surface area (Å²) in [6, 6.07) is 6.58. The van der Waals surface area contributed by atoms with Crippen LogP contribution in [-0.4, -0.2) is 24.4 Å². The van der Waals surface area contributed by atoms with E-state index in [9.17, 15) is 9.59 Å². The van der Waals surface area contributed by atoms with E-state index in [1.54, 1.807) is 0 Å². The molecule has 4 nitrogen and oxygen atoms in total. The number of hydrogen-bond acceptors (Lipinski definition) is 2. The molecular formula is C21H30N2O2. The first-order valence-electron chi connectivity index (χ1n) is 9.68. The summed E-state index contributed by atoms with van der Waals surface area (Å²) in [6.45, 7) is 6.88. The maximum atomic E-state index is 13.0. The number of amides is 2. The highest BCUT2D eigenvalue weighted by molar-refractivity contribution is 5.95. The van der Waals surface area contributed by atoms with Crippen LogP contribution in [0.5, 0.6) is 0 Å². The average molecular weight is 342 g/mol. The highest BCUT2D eigenvalue weighted by atomic mass is 16.2. The predicted molar refractivity (Wildman–Crippen MR) is 101 cm³/mol. The lowest BCUT2D eigenvalue weighted by Gasteiger charge is -2.32. The number of nitrogens with one attached hydrogen (secondary N) is 1. The van der Waals surface area contributed by atoms with Gasteiger partial charge in [-0.05, 0) is 82.6 Å². The molecule has 2 saturated carbocycles. The molecule has 0 spiro atoms. The fourth-order valence-electron chi connectivity index (χ4n) is 3.94. The van der Waals surface area contributed by atoms with Gasteiger partial charge in [0.25, 0.3) is 0 Å². The largest absolute Gasteiger partial charge is 0.353 e. The van der Waals surface area contributed by atoms with Crippen molar-refractivity contribution >= 4 is 17.5 Å². The lowest BCUT2D eigenvalue weighted by molar-refractivity contribution is -0.124. The van der Waals surface area contributed by atoms with Crippen molar-refractivity contribution in [3.63, 3.8) is 0 Å². The summed E-state index contributed by atoms with van der Waals surface area (Å²) in [4.78, 5) is 26.9. The molecule has 0 aromatic heterocycles. The van der Waals surface area contributed by atoms with Crippen LogP contribution in [0.2, 0.25) is 0 Å². The quantitative estimate of drug-likeness (QED) is 0.886. The molecule has 2 amide bonds. The molecule has 2 aliphatic carbocycles. The van der Waals surface area contributed by atoms with Crippen molar-refractivity contribution in [1.29, 1.82) is 0 Å². The summed E-state index contributed by atoms with van der Waals surface area (Å²) in [6.07, 6.45) is 5.66. The van der Waals surface area contributed by atoms with Gasteiger partial charge in [-0.25, -0.2) is 0 Å². The van der Waals surface area contributed by atoms with Crippen LogP contribution in [0.4, 0.5) is 5.69 Å². The number of rotatable bonds is 5. The van der Waals surface area contributed by atoms with Crippen LogP contribution in [0.1, 0.15) is 56.6 Å². The van der Waals surface area contributed by atoms with E-state index in [-0.39, 0.29) is 29.7 Å². The van der Waals surface area contributed by atoms with Crippen molar-refractivity contribution in [1.82, 2.24) is 5.32 Å². The molecule has 0 radical (unpaired) electrons. The number of carbonyl (C=O) groups is 2. The fourth-order valence-corrected chi connectivity index (χ4v) is 3.94. The van der Waals surface area contributed by atoms with E-state index in [1.807, 2.05) is 11.8 Å². The zero-order valence-corrected chi connectivity index (χ0v) is 15.7. The monoisotopic (exact) mass is 342 g/mol. The van der Waals surface area contributed by atoms with Gasteiger partial charge in [-0.3, -0.25) is 9.59 Å². The highest BCUT2D eigenvalue weighted by Gasteiger charge is 2.34. The minimum atomic E-state index is 0.0786. The third-order valence-corrected chi connectivity index (χ3v) is 5.47. The Labute approximate surface area is 151 Å². The molecule has 4 heteroatoms. The van der Waals surface area contributed by atoms with Crippen LogP contribution >= 0.6 is 0 Å². The second-order valence-corrected chi connectivity index (χ2v) is 7.76. The van der Waals surface area contributed by atoms with Gasteiger partial charge < -0.3 is 10.2 Å². The molecule has 0 heterocycles. The van der Waals surface area contributed by atoms with Gasteiger partial charge >= 0.3 is 0 Å². The summed E-state index contributed by atoms with van der Waals surface area (Å²) in [5.41, 5.74) is 3.38. The molecule has 2 aliphatic rings. The maximum absolute atomic E-state index is 13.0. The Morgan fingerprint density at radius 3 is 2.04 bits per heavy atom. The third-order valence-electron chi connectivity index (χ3n) is 5.47. The van der Waals surface area contributed by atoms with E-state index in [1.165, 1.54) is 11.1 Å². The minimum Gasteiger partial charge on any atom is -0.353 e. The standard InChI is InChI=1S/C21H30N2O2/c1-4-23(19-12-14(2)11-15(3)13-19)21(25)17-7-9-18(10-8-17)22-20(24)16-5-6-16/h11-13,16-18H,4-10H2,1-3H3,(H,22,24). The van der Waals surface area contributed by atoms with Gasteiger partial charge in [0.15, 0.2) is 0 Å². The Morgan fingerprint density at radius 2 is 1.52 bits per heavy atom. The lowest BCUT2D eigenvalue weighted by Crippen LogP contribution is -2.42. The number of aryl methyl sites for hydroxylation is 2. The topological polar surface area (TPSA) is 49.4 Å². The van der Waals surface area contributed by atoms with Crippen molar-refractivity contribution in [3.8, 4) is 0 Å². The summed E-state index contributed by atoms with van der Waals surface area (Å²) in [5, 5.41) is 3.17. The molecule has 0 bridgehead atoms. The molecule has 2 fully saturated rings. The molecule has 0 unspecified atom stereocenters. The van der Waals surface area contributed by atoms with E-state index >= 15 is 0 Å². The Balaban J connectivity index is 1.59. The van der Waals surface area contributed by atoms with Gasteiger partial charge in [0.1, 0.15) is 0 Å². The SMILES string of the molecule is CCN(C(=O)C1CCC(NC(=O)C2CC2)CC1)c1cc(C)cc(C)c1. The molecule has 136 valence electrons. The second-order valence-electron chi connectivity index (χ2n) is 7.76. The van der Waals surface area contributed by atoms with Gasteiger partial charge in [-0.15, -0.1) is 0 Å². The van der Waals surface area contributed by atoms with Crippen molar-refractivity contribution in [2.24, 2.45) is 11.8 Å². The van der Waals surface area contributed by atoms with Crippen LogP contribution in [0.3, 0.4) is 0 Å². The molecule has 1 N–H and O–H groups in total. The van der Waals surface area contributed by atoms with E-state index in [0.717, 1.165) is 44.2 Å². The van der Waals surface area contributed by atoms with Crippen LogP contribution < -0.4 is 10.2 Å². The molecule has 3 rings (SSSR count). The summed E-state index contributed by atoms with van der Waals surface area (Å²) in [5.74, 6) is 0.800. The highest BCUT2D eigenvalue weighted by Crippen LogP contribution is 2.32. The van der Waals surface area contributed by atoms with Crippen LogP contribution in [0, 0.1) is 25.7 Å².